The highest BCUT2D eigenvalue weighted by atomic mass is 15.4. The number of hydrogen-bond acceptors (Lipinski definition) is 3. The minimum absolute atomic E-state index is 0.831. The predicted octanol–water partition coefficient (Wildman–Crippen LogP) is 1.58. The molecular weight excluding hydrogens is 312 g/mol. The van der Waals surface area contributed by atoms with Gasteiger partial charge in [-0.25, -0.2) is 0 Å². The molecule has 25 heavy (non-hydrogen) atoms. The number of nitrogens with one attached hydrogen (secondary N) is 1. The van der Waals surface area contributed by atoms with E-state index in [1.165, 1.54) is 11.1 Å². The second-order valence-corrected chi connectivity index (χ2v) is 6.50. The summed E-state index contributed by atoms with van der Waals surface area (Å²) >= 11 is 0. The third-order valence-electron chi connectivity index (χ3n) is 4.52. The highest BCUT2D eigenvalue weighted by Gasteiger charge is 2.19. The second-order valence-electron chi connectivity index (χ2n) is 6.50. The summed E-state index contributed by atoms with van der Waals surface area (Å²) < 4.78 is 1.97. The van der Waals surface area contributed by atoms with Gasteiger partial charge in [0.1, 0.15) is 0 Å². The van der Waals surface area contributed by atoms with Gasteiger partial charge in [0.2, 0.25) is 0 Å². The Morgan fingerprint density at radius 3 is 2.56 bits per heavy atom. The molecule has 0 aliphatic carbocycles. The van der Waals surface area contributed by atoms with Crippen LogP contribution in [0.1, 0.15) is 11.1 Å². The van der Waals surface area contributed by atoms with Gasteiger partial charge in [0, 0.05) is 52.5 Å². The van der Waals surface area contributed by atoms with E-state index in [4.69, 9.17) is 0 Å². The van der Waals surface area contributed by atoms with Crippen molar-refractivity contribution in [1.29, 1.82) is 0 Å². The summed E-state index contributed by atoms with van der Waals surface area (Å²) in [5.74, 6) is 0.989. The number of aryl methyl sites for hydroxylation is 1. The van der Waals surface area contributed by atoms with E-state index in [9.17, 15) is 0 Å². The van der Waals surface area contributed by atoms with Gasteiger partial charge in [0.15, 0.2) is 5.96 Å². The first-order chi connectivity index (χ1) is 12.2. The summed E-state index contributed by atoms with van der Waals surface area (Å²) in [6, 6.07) is 10.7. The lowest BCUT2D eigenvalue weighted by Crippen LogP contribution is -2.52. The fraction of sp³-hybridized carbons (Fsp3) is 0.474. The van der Waals surface area contributed by atoms with Crippen LogP contribution in [0.25, 0.3) is 0 Å². The average Bonchev–Trinajstić information content (AvgIpc) is 3.06. The number of nitrogens with zero attached hydrogens (tertiary/aromatic N) is 5. The summed E-state index contributed by atoms with van der Waals surface area (Å²) in [6.45, 7) is 8.91. The van der Waals surface area contributed by atoms with Crippen LogP contribution in [0.15, 0.2) is 47.7 Å². The third kappa shape index (κ3) is 5.06. The smallest absolute Gasteiger partial charge is 0.193 e. The minimum atomic E-state index is 0.831. The Morgan fingerprint density at radius 2 is 1.92 bits per heavy atom. The van der Waals surface area contributed by atoms with E-state index in [0.29, 0.717) is 0 Å². The molecule has 1 aliphatic rings. The highest BCUT2D eigenvalue weighted by Crippen LogP contribution is 2.08. The topological polar surface area (TPSA) is 48.7 Å². The quantitative estimate of drug-likeness (QED) is 0.663. The summed E-state index contributed by atoms with van der Waals surface area (Å²) in [7, 11) is 1.86. The fourth-order valence-corrected chi connectivity index (χ4v) is 3.16. The normalized spacial score (nSPS) is 16.2. The van der Waals surface area contributed by atoms with Crippen LogP contribution >= 0.6 is 0 Å². The maximum atomic E-state index is 4.44. The summed E-state index contributed by atoms with van der Waals surface area (Å²) in [4.78, 5) is 9.29. The summed E-state index contributed by atoms with van der Waals surface area (Å²) in [5, 5.41) is 7.78. The van der Waals surface area contributed by atoms with Crippen LogP contribution in [0, 0.1) is 6.92 Å². The molecule has 6 heteroatoms. The molecular formula is C19H28N6. The van der Waals surface area contributed by atoms with Crippen molar-refractivity contribution in [3.63, 3.8) is 0 Å². The van der Waals surface area contributed by atoms with E-state index in [0.717, 1.165) is 51.8 Å². The van der Waals surface area contributed by atoms with Gasteiger partial charge in [-0.05, 0) is 18.1 Å². The first kappa shape index (κ1) is 17.5. The highest BCUT2D eigenvalue weighted by molar-refractivity contribution is 5.79. The van der Waals surface area contributed by atoms with E-state index in [1.54, 1.807) is 0 Å². The van der Waals surface area contributed by atoms with Gasteiger partial charge < -0.3 is 10.2 Å². The molecule has 1 aliphatic heterocycles. The van der Waals surface area contributed by atoms with Gasteiger partial charge in [0.25, 0.3) is 0 Å². The van der Waals surface area contributed by atoms with Gasteiger partial charge in [-0.3, -0.25) is 14.6 Å². The Kier molecular flexibility index (Phi) is 6.06. The monoisotopic (exact) mass is 340 g/mol. The number of aromatic nitrogens is 2. The van der Waals surface area contributed by atoms with E-state index < -0.39 is 0 Å². The Labute approximate surface area is 150 Å². The van der Waals surface area contributed by atoms with Crippen LogP contribution in [-0.4, -0.2) is 65.3 Å². The van der Waals surface area contributed by atoms with E-state index in [1.807, 2.05) is 17.9 Å². The van der Waals surface area contributed by atoms with Crippen molar-refractivity contribution >= 4 is 5.96 Å². The Bertz CT molecular complexity index is 670. The first-order valence-corrected chi connectivity index (χ1v) is 8.95. The molecule has 0 atom stereocenters. The van der Waals surface area contributed by atoms with Crippen molar-refractivity contribution in [1.82, 2.24) is 24.9 Å². The van der Waals surface area contributed by atoms with E-state index >= 15 is 0 Å². The van der Waals surface area contributed by atoms with Gasteiger partial charge in [-0.2, -0.15) is 5.10 Å². The Balaban J connectivity index is 1.42. The maximum Gasteiger partial charge on any atom is 0.193 e. The molecule has 0 spiro atoms. The molecule has 1 aromatic heterocycles. The van der Waals surface area contributed by atoms with Crippen molar-refractivity contribution in [3.05, 3.63) is 53.9 Å². The molecule has 1 saturated heterocycles. The molecule has 3 rings (SSSR count). The number of guanidine groups is 1. The van der Waals surface area contributed by atoms with Crippen molar-refractivity contribution in [2.75, 3.05) is 39.8 Å². The Morgan fingerprint density at radius 1 is 1.16 bits per heavy atom. The lowest BCUT2D eigenvalue weighted by Gasteiger charge is -2.36. The van der Waals surface area contributed by atoms with Crippen LogP contribution < -0.4 is 5.32 Å². The van der Waals surface area contributed by atoms with E-state index in [-0.39, 0.29) is 0 Å². The van der Waals surface area contributed by atoms with Crippen molar-refractivity contribution < 1.29 is 0 Å². The zero-order valence-corrected chi connectivity index (χ0v) is 15.2. The van der Waals surface area contributed by atoms with Crippen LogP contribution in [0.2, 0.25) is 0 Å². The zero-order chi connectivity index (χ0) is 17.5. The SMILES string of the molecule is CN=C(NCCn1cc(C)cn1)N1CCN(Cc2ccccc2)CC1. The molecule has 1 aromatic carbocycles. The number of benzene rings is 1. The predicted molar refractivity (Wildman–Crippen MR) is 102 cm³/mol. The summed E-state index contributed by atoms with van der Waals surface area (Å²) in [5.41, 5.74) is 2.58. The molecule has 0 amide bonds. The number of rotatable bonds is 5. The molecule has 2 aromatic rings. The van der Waals surface area contributed by atoms with Crippen LogP contribution in [-0.2, 0) is 13.1 Å². The Hall–Kier alpha value is -2.34. The lowest BCUT2D eigenvalue weighted by atomic mass is 10.2. The van der Waals surface area contributed by atoms with Crippen molar-refractivity contribution in [2.45, 2.75) is 20.0 Å². The zero-order valence-electron chi connectivity index (χ0n) is 15.2. The first-order valence-electron chi connectivity index (χ1n) is 8.95. The molecule has 1 fully saturated rings. The van der Waals surface area contributed by atoms with Crippen LogP contribution in [0.4, 0.5) is 0 Å². The summed E-state index contributed by atoms with van der Waals surface area (Å²) in [6.07, 6.45) is 3.95. The molecule has 0 bridgehead atoms. The number of aliphatic imine (C=N–C) groups is 1. The molecule has 2 heterocycles. The molecule has 0 radical (unpaired) electrons. The minimum Gasteiger partial charge on any atom is -0.354 e. The number of piperazine rings is 1. The van der Waals surface area contributed by atoms with Gasteiger partial charge >= 0.3 is 0 Å². The van der Waals surface area contributed by atoms with Crippen LogP contribution in [0.3, 0.4) is 0 Å². The van der Waals surface area contributed by atoms with Crippen LogP contribution in [0.5, 0.6) is 0 Å². The molecule has 0 unspecified atom stereocenters. The largest absolute Gasteiger partial charge is 0.354 e. The van der Waals surface area contributed by atoms with E-state index in [2.05, 4.69) is 68.7 Å². The fourth-order valence-electron chi connectivity index (χ4n) is 3.16. The van der Waals surface area contributed by atoms with Gasteiger partial charge in [-0.1, -0.05) is 30.3 Å². The number of hydrogen-bond donors (Lipinski definition) is 1. The molecule has 6 nitrogen and oxygen atoms in total. The molecule has 0 saturated carbocycles. The lowest BCUT2D eigenvalue weighted by molar-refractivity contribution is 0.172. The molecule has 1 N–H and O–H groups in total. The van der Waals surface area contributed by atoms with Gasteiger partial charge in [-0.15, -0.1) is 0 Å². The van der Waals surface area contributed by atoms with Crippen molar-refractivity contribution in [3.8, 4) is 0 Å². The maximum absolute atomic E-state index is 4.44. The standard InChI is InChI=1S/C19H28N6/c1-17-14-22-25(15-17)9-8-21-19(20-2)24-12-10-23(11-13-24)16-18-6-4-3-5-7-18/h3-7,14-15H,8-13,16H2,1-2H3,(H,20,21). The molecule has 134 valence electrons. The second kappa shape index (κ2) is 8.67. The third-order valence-corrected chi connectivity index (χ3v) is 4.52. The van der Waals surface area contributed by atoms with Gasteiger partial charge in [0.05, 0.1) is 12.7 Å². The van der Waals surface area contributed by atoms with Crippen molar-refractivity contribution in [2.24, 2.45) is 4.99 Å². The average molecular weight is 340 g/mol.